The second-order valence-electron chi connectivity index (χ2n) is 6.86. The molecule has 0 spiro atoms. The number of thiazole rings is 1. The lowest BCUT2D eigenvalue weighted by molar-refractivity contribution is 0.0735. The maximum absolute atomic E-state index is 13.1. The standard InChI is InChI=1S/C20H15ClN4O3S/c21-13-6-11(16(26)7-17(13)27)19-12-8-25(4-3-14(12)23-24-19)20(28)10-1-2-15-18(5-10)29-9-22-15/h1-2,5-7,9,26-27H,3-4,8H2,(H,23,24). The zero-order valence-electron chi connectivity index (χ0n) is 15.0. The Morgan fingerprint density at radius 1 is 1.21 bits per heavy atom. The molecule has 0 saturated carbocycles. The lowest BCUT2D eigenvalue weighted by Crippen LogP contribution is -2.35. The minimum atomic E-state index is -0.201. The van der Waals surface area contributed by atoms with Crippen LogP contribution in [0.1, 0.15) is 21.6 Å². The van der Waals surface area contributed by atoms with Crippen LogP contribution in [0, 0.1) is 0 Å². The largest absolute Gasteiger partial charge is 0.507 e. The van der Waals surface area contributed by atoms with Gasteiger partial charge in [-0.15, -0.1) is 11.3 Å². The molecule has 0 radical (unpaired) electrons. The van der Waals surface area contributed by atoms with Gasteiger partial charge in [0.15, 0.2) is 0 Å². The molecule has 3 N–H and O–H groups in total. The van der Waals surface area contributed by atoms with Gasteiger partial charge in [-0.05, 0) is 24.3 Å². The Bertz CT molecular complexity index is 1270. The Balaban J connectivity index is 1.48. The highest BCUT2D eigenvalue weighted by Gasteiger charge is 2.27. The van der Waals surface area contributed by atoms with Gasteiger partial charge in [0.2, 0.25) is 0 Å². The Morgan fingerprint density at radius 3 is 2.93 bits per heavy atom. The summed E-state index contributed by atoms with van der Waals surface area (Å²) in [4.78, 5) is 19.1. The van der Waals surface area contributed by atoms with Crippen LogP contribution in [0.5, 0.6) is 11.5 Å². The highest BCUT2D eigenvalue weighted by Crippen LogP contribution is 2.39. The zero-order valence-corrected chi connectivity index (χ0v) is 16.6. The first-order valence-electron chi connectivity index (χ1n) is 8.92. The number of H-pyrrole nitrogens is 1. The van der Waals surface area contributed by atoms with Crippen LogP contribution in [0.4, 0.5) is 0 Å². The van der Waals surface area contributed by atoms with E-state index in [4.69, 9.17) is 11.6 Å². The van der Waals surface area contributed by atoms with E-state index in [1.54, 1.807) is 16.5 Å². The van der Waals surface area contributed by atoms with E-state index in [9.17, 15) is 15.0 Å². The maximum atomic E-state index is 13.1. The van der Waals surface area contributed by atoms with Gasteiger partial charge in [0.25, 0.3) is 5.91 Å². The highest BCUT2D eigenvalue weighted by atomic mass is 35.5. The third-order valence-corrected chi connectivity index (χ3v) is 6.21. The van der Waals surface area contributed by atoms with Crippen LogP contribution in [0.25, 0.3) is 21.5 Å². The molecule has 3 heterocycles. The summed E-state index contributed by atoms with van der Waals surface area (Å²) in [6.07, 6.45) is 0.628. The van der Waals surface area contributed by atoms with E-state index in [0.717, 1.165) is 21.5 Å². The third-order valence-electron chi connectivity index (χ3n) is 5.12. The number of nitrogens with zero attached hydrogens (tertiary/aromatic N) is 3. The topological polar surface area (TPSA) is 102 Å². The number of nitrogens with one attached hydrogen (secondary N) is 1. The van der Waals surface area contributed by atoms with Crippen molar-refractivity contribution in [3.63, 3.8) is 0 Å². The van der Waals surface area contributed by atoms with Gasteiger partial charge in [0.1, 0.15) is 17.2 Å². The quantitative estimate of drug-likeness (QED) is 0.450. The molecule has 7 nitrogen and oxygen atoms in total. The lowest BCUT2D eigenvalue weighted by atomic mass is 9.99. The van der Waals surface area contributed by atoms with Crippen molar-refractivity contribution in [2.45, 2.75) is 13.0 Å². The number of halogens is 1. The molecule has 2 aromatic heterocycles. The number of phenols is 2. The summed E-state index contributed by atoms with van der Waals surface area (Å²) in [6.45, 7) is 0.926. The first kappa shape index (κ1) is 18.0. The van der Waals surface area contributed by atoms with Crippen LogP contribution in [0.15, 0.2) is 35.8 Å². The number of fused-ring (bicyclic) bond motifs is 2. The predicted octanol–water partition coefficient (Wildman–Crippen LogP) is 3.95. The second-order valence-corrected chi connectivity index (χ2v) is 8.16. The molecule has 2 aromatic carbocycles. The number of aromatic amines is 1. The summed E-state index contributed by atoms with van der Waals surface area (Å²) in [5.41, 5.74) is 5.95. The number of phenolic OH excluding ortho intramolecular Hbond substituents is 2. The Labute approximate surface area is 174 Å². The molecule has 1 aliphatic heterocycles. The minimum absolute atomic E-state index is 0.0638. The number of amides is 1. The first-order valence-corrected chi connectivity index (χ1v) is 10.2. The van der Waals surface area contributed by atoms with Crippen molar-refractivity contribution >= 4 is 39.1 Å². The van der Waals surface area contributed by atoms with Crippen molar-refractivity contribution in [2.24, 2.45) is 0 Å². The Hall–Kier alpha value is -3.10. The number of benzene rings is 2. The van der Waals surface area contributed by atoms with E-state index in [0.29, 0.717) is 36.3 Å². The van der Waals surface area contributed by atoms with E-state index in [-0.39, 0.29) is 22.4 Å². The van der Waals surface area contributed by atoms with E-state index >= 15 is 0 Å². The smallest absolute Gasteiger partial charge is 0.254 e. The molecule has 1 aliphatic rings. The number of carbonyl (C=O) groups excluding carboxylic acids is 1. The predicted molar refractivity (Wildman–Crippen MR) is 110 cm³/mol. The number of hydrogen-bond donors (Lipinski definition) is 3. The maximum Gasteiger partial charge on any atom is 0.254 e. The highest BCUT2D eigenvalue weighted by molar-refractivity contribution is 7.16. The van der Waals surface area contributed by atoms with Crippen molar-refractivity contribution < 1.29 is 15.0 Å². The third kappa shape index (κ3) is 3.01. The van der Waals surface area contributed by atoms with Crippen LogP contribution >= 0.6 is 22.9 Å². The first-order chi connectivity index (χ1) is 14.0. The SMILES string of the molecule is O=C(c1ccc2ncsc2c1)N1CCc2[nH]nc(-c3cc(Cl)c(O)cc3O)c2C1. The number of aromatic nitrogens is 3. The van der Waals surface area contributed by atoms with Gasteiger partial charge in [0, 0.05) is 48.0 Å². The monoisotopic (exact) mass is 426 g/mol. The molecule has 146 valence electrons. The van der Waals surface area contributed by atoms with Crippen LogP contribution < -0.4 is 0 Å². The molecule has 0 fully saturated rings. The molecular formula is C20H15ClN4O3S. The average molecular weight is 427 g/mol. The van der Waals surface area contributed by atoms with E-state index in [2.05, 4.69) is 15.2 Å². The molecule has 0 unspecified atom stereocenters. The van der Waals surface area contributed by atoms with Gasteiger partial charge in [-0.3, -0.25) is 9.89 Å². The molecule has 29 heavy (non-hydrogen) atoms. The zero-order chi connectivity index (χ0) is 20.1. The molecule has 5 rings (SSSR count). The number of rotatable bonds is 2. The van der Waals surface area contributed by atoms with Gasteiger partial charge < -0.3 is 15.1 Å². The summed E-state index contributed by atoms with van der Waals surface area (Å²) >= 11 is 7.52. The molecule has 0 saturated heterocycles. The van der Waals surface area contributed by atoms with Gasteiger partial charge in [-0.25, -0.2) is 4.98 Å². The molecule has 0 aliphatic carbocycles. The van der Waals surface area contributed by atoms with Crippen molar-refractivity contribution in [3.8, 4) is 22.8 Å². The molecular weight excluding hydrogens is 412 g/mol. The van der Waals surface area contributed by atoms with Crippen LogP contribution in [0.3, 0.4) is 0 Å². The minimum Gasteiger partial charge on any atom is -0.507 e. The summed E-state index contributed by atoms with van der Waals surface area (Å²) in [5.74, 6) is -0.390. The number of carbonyl (C=O) groups is 1. The fourth-order valence-corrected chi connectivity index (χ4v) is 4.48. The lowest BCUT2D eigenvalue weighted by Gasteiger charge is -2.27. The van der Waals surface area contributed by atoms with Crippen LogP contribution in [-0.4, -0.2) is 42.7 Å². The summed E-state index contributed by atoms with van der Waals surface area (Å²) < 4.78 is 0.973. The van der Waals surface area contributed by atoms with E-state index in [1.807, 2.05) is 12.1 Å². The van der Waals surface area contributed by atoms with Gasteiger partial charge in [0.05, 0.1) is 20.7 Å². The molecule has 1 amide bonds. The fraction of sp³-hybridized carbons (Fsp3) is 0.150. The normalized spacial score (nSPS) is 13.6. The van der Waals surface area contributed by atoms with Gasteiger partial charge >= 0.3 is 0 Å². The van der Waals surface area contributed by atoms with E-state index < -0.39 is 0 Å². The Morgan fingerprint density at radius 2 is 2.07 bits per heavy atom. The van der Waals surface area contributed by atoms with Gasteiger partial charge in [-0.1, -0.05) is 11.6 Å². The molecule has 0 bridgehead atoms. The van der Waals surface area contributed by atoms with Crippen molar-refractivity contribution in [3.05, 3.63) is 57.7 Å². The molecule has 0 atom stereocenters. The summed E-state index contributed by atoms with van der Waals surface area (Å²) in [7, 11) is 0. The van der Waals surface area contributed by atoms with Crippen LogP contribution in [-0.2, 0) is 13.0 Å². The summed E-state index contributed by atoms with van der Waals surface area (Å²) in [6, 6.07) is 8.18. The van der Waals surface area contributed by atoms with E-state index in [1.165, 1.54) is 23.5 Å². The van der Waals surface area contributed by atoms with Crippen molar-refractivity contribution in [2.75, 3.05) is 6.54 Å². The van der Waals surface area contributed by atoms with Crippen LogP contribution in [0.2, 0.25) is 5.02 Å². The van der Waals surface area contributed by atoms with Crippen molar-refractivity contribution in [1.82, 2.24) is 20.1 Å². The fourth-order valence-electron chi connectivity index (χ4n) is 3.60. The number of aromatic hydroxyl groups is 2. The van der Waals surface area contributed by atoms with Crippen molar-refractivity contribution in [1.29, 1.82) is 0 Å². The average Bonchev–Trinajstić information content (AvgIpc) is 3.36. The summed E-state index contributed by atoms with van der Waals surface area (Å²) in [5, 5.41) is 27.4. The second kappa shape index (κ2) is 6.75. The molecule has 9 heteroatoms. The molecule has 4 aromatic rings. The van der Waals surface area contributed by atoms with Gasteiger partial charge in [-0.2, -0.15) is 5.10 Å². The number of hydrogen-bond acceptors (Lipinski definition) is 6. The Kier molecular flexibility index (Phi) is 4.18.